The average Bonchev–Trinajstić information content (AvgIpc) is 3.19. The number of carbonyl (C=O) groups excluding carboxylic acids is 2. The first kappa shape index (κ1) is 13.8. The summed E-state index contributed by atoms with van der Waals surface area (Å²) >= 11 is 0. The number of carbonyl (C=O) groups is 2. The molecule has 0 radical (unpaired) electrons. The maximum Gasteiger partial charge on any atom is 0.276 e. The minimum absolute atomic E-state index is 0.0201. The highest BCUT2D eigenvalue weighted by molar-refractivity contribution is 6.03. The lowest BCUT2D eigenvalue weighted by molar-refractivity contribution is 0.101. The van der Waals surface area contributed by atoms with Crippen LogP contribution in [0.2, 0.25) is 0 Å². The van der Waals surface area contributed by atoms with E-state index in [2.05, 4.69) is 15.5 Å². The van der Waals surface area contributed by atoms with E-state index in [1.165, 1.54) is 6.92 Å². The van der Waals surface area contributed by atoms with Crippen LogP contribution in [0.25, 0.3) is 11.5 Å². The average molecular weight is 295 g/mol. The van der Waals surface area contributed by atoms with Crippen LogP contribution in [0, 0.1) is 0 Å². The number of aromatic amines is 1. The number of rotatable bonds is 4. The van der Waals surface area contributed by atoms with Gasteiger partial charge in [-0.1, -0.05) is 0 Å². The summed E-state index contributed by atoms with van der Waals surface area (Å²) in [5, 5.41) is 9.43. The Labute approximate surface area is 126 Å². The zero-order valence-electron chi connectivity index (χ0n) is 11.8. The van der Waals surface area contributed by atoms with E-state index >= 15 is 0 Å². The van der Waals surface area contributed by atoms with Gasteiger partial charge in [0.05, 0.1) is 6.26 Å². The molecule has 0 saturated carbocycles. The minimum Gasteiger partial charge on any atom is -0.463 e. The Morgan fingerprint density at radius 3 is 2.59 bits per heavy atom. The Bertz CT molecular complexity index is 802. The number of hydrogen-bond acceptors (Lipinski definition) is 4. The van der Waals surface area contributed by atoms with Gasteiger partial charge < -0.3 is 9.73 Å². The van der Waals surface area contributed by atoms with Gasteiger partial charge in [-0.15, -0.1) is 0 Å². The SMILES string of the molecule is CC(=O)c1ccc(NC(=O)c2cc(-c3ccco3)[nH]n2)cc1. The van der Waals surface area contributed by atoms with Gasteiger partial charge in [0, 0.05) is 17.3 Å². The maximum absolute atomic E-state index is 12.1. The molecule has 0 spiro atoms. The quantitative estimate of drug-likeness (QED) is 0.724. The first-order chi connectivity index (χ1) is 10.6. The molecule has 2 aromatic heterocycles. The fourth-order valence-electron chi connectivity index (χ4n) is 1.98. The summed E-state index contributed by atoms with van der Waals surface area (Å²) in [6, 6.07) is 11.8. The second-order valence-corrected chi connectivity index (χ2v) is 4.73. The van der Waals surface area contributed by atoms with Crippen molar-refractivity contribution in [3.8, 4) is 11.5 Å². The van der Waals surface area contributed by atoms with Gasteiger partial charge in [-0.05, 0) is 43.3 Å². The Morgan fingerprint density at radius 2 is 1.95 bits per heavy atom. The van der Waals surface area contributed by atoms with Crippen LogP contribution in [-0.4, -0.2) is 21.9 Å². The first-order valence-corrected chi connectivity index (χ1v) is 6.65. The molecule has 6 heteroatoms. The number of amides is 1. The lowest BCUT2D eigenvalue weighted by Gasteiger charge is -2.03. The van der Waals surface area contributed by atoms with Crippen LogP contribution in [0.4, 0.5) is 5.69 Å². The summed E-state index contributed by atoms with van der Waals surface area (Å²) in [6.07, 6.45) is 1.55. The summed E-state index contributed by atoms with van der Waals surface area (Å²) in [7, 11) is 0. The van der Waals surface area contributed by atoms with E-state index in [0.29, 0.717) is 22.7 Å². The van der Waals surface area contributed by atoms with Gasteiger partial charge in [0.25, 0.3) is 5.91 Å². The van der Waals surface area contributed by atoms with Crippen molar-refractivity contribution in [1.29, 1.82) is 0 Å². The number of benzene rings is 1. The van der Waals surface area contributed by atoms with Gasteiger partial charge in [-0.25, -0.2) is 0 Å². The molecule has 0 bridgehead atoms. The zero-order valence-corrected chi connectivity index (χ0v) is 11.8. The van der Waals surface area contributed by atoms with Gasteiger partial charge in [-0.3, -0.25) is 14.7 Å². The lowest BCUT2D eigenvalue weighted by atomic mass is 10.1. The fraction of sp³-hybridized carbons (Fsp3) is 0.0625. The Balaban J connectivity index is 1.73. The molecule has 1 aromatic carbocycles. The predicted molar refractivity (Wildman–Crippen MR) is 80.7 cm³/mol. The van der Waals surface area contributed by atoms with Crippen molar-refractivity contribution >= 4 is 17.4 Å². The van der Waals surface area contributed by atoms with Crippen LogP contribution in [0.3, 0.4) is 0 Å². The smallest absolute Gasteiger partial charge is 0.276 e. The van der Waals surface area contributed by atoms with Crippen molar-refractivity contribution < 1.29 is 14.0 Å². The van der Waals surface area contributed by atoms with E-state index in [0.717, 1.165) is 0 Å². The Morgan fingerprint density at radius 1 is 1.18 bits per heavy atom. The van der Waals surface area contributed by atoms with Crippen LogP contribution in [0.1, 0.15) is 27.8 Å². The standard InChI is InChI=1S/C16H13N3O3/c1-10(20)11-4-6-12(7-5-11)17-16(21)14-9-13(18-19-14)15-3-2-8-22-15/h2-9H,1H3,(H,17,21)(H,18,19). The molecule has 1 amide bonds. The topological polar surface area (TPSA) is 88.0 Å². The monoisotopic (exact) mass is 295 g/mol. The molecule has 0 aliphatic heterocycles. The van der Waals surface area contributed by atoms with Crippen molar-refractivity contribution in [1.82, 2.24) is 10.2 Å². The van der Waals surface area contributed by atoms with E-state index in [9.17, 15) is 9.59 Å². The number of furan rings is 1. The molecule has 0 saturated heterocycles. The first-order valence-electron chi connectivity index (χ1n) is 6.65. The van der Waals surface area contributed by atoms with E-state index in [1.807, 2.05) is 0 Å². The van der Waals surface area contributed by atoms with Gasteiger partial charge in [0.1, 0.15) is 5.69 Å². The number of aromatic nitrogens is 2. The van der Waals surface area contributed by atoms with Crippen LogP contribution in [0.5, 0.6) is 0 Å². The highest BCUT2D eigenvalue weighted by Crippen LogP contribution is 2.18. The number of nitrogens with zero attached hydrogens (tertiary/aromatic N) is 1. The Kier molecular flexibility index (Phi) is 3.57. The maximum atomic E-state index is 12.1. The summed E-state index contributed by atoms with van der Waals surface area (Å²) in [4.78, 5) is 23.3. The predicted octanol–water partition coefficient (Wildman–Crippen LogP) is 3.12. The van der Waals surface area contributed by atoms with Crippen LogP contribution in [0.15, 0.2) is 53.1 Å². The summed E-state index contributed by atoms with van der Waals surface area (Å²) in [5.41, 5.74) is 2.07. The summed E-state index contributed by atoms with van der Waals surface area (Å²) < 4.78 is 5.23. The number of nitrogens with one attached hydrogen (secondary N) is 2. The second-order valence-electron chi connectivity index (χ2n) is 4.73. The molecule has 0 fully saturated rings. The molecule has 6 nitrogen and oxygen atoms in total. The van der Waals surface area contributed by atoms with Crippen molar-refractivity contribution in [2.75, 3.05) is 5.32 Å². The molecule has 22 heavy (non-hydrogen) atoms. The van der Waals surface area contributed by atoms with Crippen LogP contribution >= 0.6 is 0 Å². The van der Waals surface area contributed by atoms with Crippen molar-refractivity contribution in [2.24, 2.45) is 0 Å². The molecule has 3 rings (SSSR count). The number of Topliss-reactive ketones (excluding diaryl/α,β-unsaturated/α-hetero) is 1. The van der Waals surface area contributed by atoms with Crippen molar-refractivity contribution in [3.05, 3.63) is 60.0 Å². The molecule has 2 N–H and O–H groups in total. The van der Waals surface area contributed by atoms with E-state index in [-0.39, 0.29) is 17.4 Å². The molecule has 3 aromatic rings. The molecule has 0 unspecified atom stereocenters. The highest BCUT2D eigenvalue weighted by atomic mass is 16.3. The second kappa shape index (κ2) is 5.69. The van der Waals surface area contributed by atoms with Crippen molar-refractivity contribution in [3.63, 3.8) is 0 Å². The molecule has 0 aliphatic carbocycles. The zero-order chi connectivity index (χ0) is 15.5. The summed E-state index contributed by atoms with van der Waals surface area (Å²) in [5.74, 6) is 0.246. The number of ketones is 1. The van der Waals surface area contributed by atoms with Crippen LogP contribution in [-0.2, 0) is 0 Å². The third kappa shape index (κ3) is 2.80. The highest BCUT2D eigenvalue weighted by Gasteiger charge is 2.13. The Hall–Kier alpha value is -3.15. The molecule has 110 valence electrons. The van der Waals surface area contributed by atoms with Gasteiger partial charge in [0.2, 0.25) is 0 Å². The number of anilines is 1. The largest absolute Gasteiger partial charge is 0.463 e. The normalized spacial score (nSPS) is 10.4. The van der Waals surface area contributed by atoms with Crippen LogP contribution < -0.4 is 5.32 Å². The third-order valence-electron chi connectivity index (χ3n) is 3.15. The molecular formula is C16H13N3O3. The minimum atomic E-state index is -0.343. The number of H-pyrrole nitrogens is 1. The van der Waals surface area contributed by atoms with Gasteiger partial charge in [0.15, 0.2) is 17.2 Å². The van der Waals surface area contributed by atoms with Gasteiger partial charge in [-0.2, -0.15) is 5.10 Å². The molecule has 2 heterocycles. The van der Waals surface area contributed by atoms with E-state index in [1.54, 1.807) is 48.7 Å². The fourth-order valence-corrected chi connectivity index (χ4v) is 1.98. The molecule has 0 atom stereocenters. The third-order valence-corrected chi connectivity index (χ3v) is 3.15. The lowest BCUT2D eigenvalue weighted by Crippen LogP contribution is -2.12. The molecule has 0 aliphatic rings. The van der Waals surface area contributed by atoms with Gasteiger partial charge >= 0.3 is 0 Å². The number of hydrogen-bond donors (Lipinski definition) is 2. The van der Waals surface area contributed by atoms with E-state index < -0.39 is 0 Å². The summed E-state index contributed by atoms with van der Waals surface area (Å²) in [6.45, 7) is 1.49. The van der Waals surface area contributed by atoms with Crippen molar-refractivity contribution in [2.45, 2.75) is 6.92 Å². The molecular weight excluding hydrogens is 282 g/mol. The van der Waals surface area contributed by atoms with E-state index in [4.69, 9.17) is 4.42 Å².